The van der Waals surface area contributed by atoms with Crippen LogP contribution < -0.4 is 10.5 Å². The van der Waals surface area contributed by atoms with Crippen LogP contribution in [-0.2, 0) is 5.41 Å². The highest BCUT2D eigenvalue weighted by Gasteiger charge is 2.72. The fourth-order valence-corrected chi connectivity index (χ4v) is 2.16. The molecule has 2 N–H and O–H groups in total. The van der Waals surface area contributed by atoms with E-state index in [9.17, 15) is 13.2 Å². The lowest BCUT2D eigenvalue weighted by Crippen LogP contribution is -2.27. The molecule has 0 spiro atoms. The van der Waals surface area contributed by atoms with Gasteiger partial charge in [-0.1, -0.05) is 0 Å². The van der Waals surface area contributed by atoms with Gasteiger partial charge in [-0.2, -0.15) is 0 Å². The molecule has 1 aromatic rings. The number of hydrogen-bond donors (Lipinski definition) is 1. The molecule has 0 amide bonds. The Balaban J connectivity index is 2.56. The molecule has 0 bridgehead atoms. The van der Waals surface area contributed by atoms with Gasteiger partial charge in [-0.15, -0.1) is 0 Å². The maximum atomic E-state index is 13.5. The van der Waals surface area contributed by atoms with Gasteiger partial charge in [0.15, 0.2) is 0 Å². The molecule has 94 valence electrons. The van der Waals surface area contributed by atoms with Gasteiger partial charge in [0.1, 0.15) is 11.6 Å². The van der Waals surface area contributed by atoms with E-state index in [1.807, 2.05) is 0 Å². The third-order valence-electron chi connectivity index (χ3n) is 3.44. The summed E-state index contributed by atoms with van der Waals surface area (Å²) in [5.41, 5.74) is 4.49. The molecule has 1 saturated carbocycles. The Morgan fingerprint density at radius 2 is 2.00 bits per heavy atom. The molecular weight excluding hydrogens is 231 g/mol. The molecule has 5 heteroatoms. The highest BCUT2D eigenvalue weighted by molar-refractivity contribution is 5.49. The van der Waals surface area contributed by atoms with Crippen molar-refractivity contribution >= 4 is 0 Å². The smallest absolute Gasteiger partial charge is 0.260 e. The van der Waals surface area contributed by atoms with Crippen LogP contribution in [0.4, 0.5) is 13.2 Å². The zero-order chi connectivity index (χ0) is 12.8. The molecule has 0 heterocycles. The van der Waals surface area contributed by atoms with E-state index in [4.69, 9.17) is 10.5 Å². The van der Waals surface area contributed by atoms with E-state index in [1.165, 1.54) is 13.2 Å². The molecule has 0 radical (unpaired) electrons. The Labute approximate surface area is 97.6 Å². The van der Waals surface area contributed by atoms with E-state index in [0.29, 0.717) is 5.56 Å². The standard InChI is InChI=1S/C12H14F3NO/c1-7-3-10(17-2)8(4-9(7)13)11(6-16)5-12(11,14)15/h3-4H,5-6,16H2,1-2H3. The maximum Gasteiger partial charge on any atom is 0.260 e. The molecule has 1 aliphatic rings. The van der Waals surface area contributed by atoms with Crippen LogP contribution in [-0.4, -0.2) is 19.6 Å². The SMILES string of the molecule is COc1cc(C)c(F)cc1C1(CN)CC1(F)F. The molecule has 0 aromatic heterocycles. The lowest BCUT2D eigenvalue weighted by Gasteiger charge is -2.18. The Kier molecular flexibility index (Phi) is 2.61. The third-order valence-corrected chi connectivity index (χ3v) is 3.44. The summed E-state index contributed by atoms with van der Waals surface area (Å²) in [6, 6.07) is 2.54. The van der Waals surface area contributed by atoms with Crippen molar-refractivity contribution in [3.8, 4) is 5.75 Å². The van der Waals surface area contributed by atoms with E-state index < -0.39 is 17.2 Å². The average Bonchev–Trinajstić information content (AvgIpc) is 2.85. The minimum atomic E-state index is -2.88. The van der Waals surface area contributed by atoms with Crippen LogP contribution in [0.5, 0.6) is 5.75 Å². The number of rotatable bonds is 3. The number of alkyl halides is 2. The van der Waals surface area contributed by atoms with Crippen molar-refractivity contribution in [2.24, 2.45) is 5.73 Å². The van der Waals surface area contributed by atoms with Crippen LogP contribution in [0, 0.1) is 12.7 Å². The van der Waals surface area contributed by atoms with E-state index in [2.05, 4.69) is 0 Å². The highest BCUT2D eigenvalue weighted by Crippen LogP contribution is 2.62. The molecule has 0 aliphatic heterocycles. The number of ether oxygens (including phenoxy) is 1. The minimum absolute atomic E-state index is 0.163. The number of nitrogens with two attached hydrogens (primary N) is 1. The first-order valence-corrected chi connectivity index (χ1v) is 5.30. The van der Waals surface area contributed by atoms with Crippen molar-refractivity contribution < 1.29 is 17.9 Å². The number of aryl methyl sites for hydroxylation is 1. The average molecular weight is 245 g/mol. The van der Waals surface area contributed by atoms with Crippen molar-refractivity contribution in [3.05, 3.63) is 29.1 Å². The van der Waals surface area contributed by atoms with Gasteiger partial charge in [0.2, 0.25) is 0 Å². The number of benzene rings is 1. The monoisotopic (exact) mass is 245 g/mol. The Morgan fingerprint density at radius 1 is 1.41 bits per heavy atom. The van der Waals surface area contributed by atoms with Crippen LogP contribution in [0.2, 0.25) is 0 Å². The molecule has 17 heavy (non-hydrogen) atoms. The molecule has 1 aromatic carbocycles. The Hall–Kier alpha value is -1.23. The quantitative estimate of drug-likeness (QED) is 0.887. The van der Waals surface area contributed by atoms with Gasteiger partial charge in [-0.25, -0.2) is 13.2 Å². The summed E-state index contributed by atoms with van der Waals surface area (Å²) in [6.45, 7) is 1.33. The zero-order valence-electron chi connectivity index (χ0n) is 9.69. The summed E-state index contributed by atoms with van der Waals surface area (Å²) in [5.74, 6) is -3.13. The third kappa shape index (κ3) is 1.60. The molecule has 1 fully saturated rings. The van der Waals surface area contributed by atoms with E-state index >= 15 is 0 Å². The number of hydrogen-bond acceptors (Lipinski definition) is 2. The lowest BCUT2D eigenvalue weighted by molar-refractivity contribution is 0.0888. The van der Waals surface area contributed by atoms with Gasteiger partial charge < -0.3 is 10.5 Å². The number of methoxy groups -OCH3 is 1. The first-order valence-electron chi connectivity index (χ1n) is 5.30. The van der Waals surface area contributed by atoms with Gasteiger partial charge in [-0.3, -0.25) is 0 Å². The van der Waals surface area contributed by atoms with Gasteiger partial charge in [-0.05, 0) is 24.6 Å². The van der Waals surface area contributed by atoms with E-state index in [1.54, 1.807) is 6.92 Å². The van der Waals surface area contributed by atoms with Crippen LogP contribution >= 0.6 is 0 Å². The Morgan fingerprint density at radius 3 is 2.41 bits per heavy atom. The molecule has 1 unspecified atom stereocenters. The first kappa shape index (κ1) is 12.2. The number of halogens is 3. The fraction of sp³-hybridized carbons (Fsp3) is 0.500. The summed E-state index contributed by atoms with van der Waals surface area (Å²) in [5, 5.41) is 0. The van der Waals surface area contributed by atoms with Gasteiger partial charge in [0, 0.05) is 18.5 Å². The molecule has 1 aliphatic carbocycles. The van der Waals surface area contributed by atoms with E-state index in [0.717, 1.165) is 6.07 Å². The molecule has 0 saturated heterocycles. The fourth-order valence-electron chi connectivity index (χ4n) is 2.16. The second-order valence-electron chi connectivity index (χ2n) is 4.47. The van der Waals surface area contributed by atoms with Gasteiger partial charge in [0.25, 0.3) is 5.92 Å². The Bertz CT molecular complexity index is 461. The zero-order valence-corrected chi connectivity index (χ0v) is 9.69. The van der Waals surface area contributed by atoms with E-state index in [-0.39, 0.29) is 24.3 Å². The second kappa shape index (κ2) is 3.63. The largest absolute Gasteiger partial charge is 0.496 e. The molecular formula is C12H14F3NO. The normalized spacial score (nSPS) is 25.8. The molecule has 2 rings (SSSR count). The lowest BCUT2D eigenvalue weighted by atomic mass is 9.93. The maximum absolute atomic E-state index is 13.5. The van der Waals surface area contributed by atoms with Crippen LogP contribution in [0.15, 0.2) is 12.1 Å². The van der Waals surface area contributed by atoms with Crippen LogP contribution in [0.3, 0.4) is 0 Å². The molecule has 1 atom stereocenters. The van der Waals surface area contributed by atoms with Crippen molar-refractivity contribution in [1.82, 2.24) is 0 Å². The summed E-state index contributed by atoms with van der Waals surface area (Å²) in [7, 11) is 1.38. The van der Waals surface area contributed by atoms with Crippen molar-refractivity contribution in [2.45, 2.75) is 24.7 Å². The minimum Gasteiger partial charge on any atom is -0.496 e. The highest BCUT2D eigenvalue weighted by atomic mass is 19.3. The predicted molar refractivity (Wildman–Crippen MR) is 58.0 cm³/mol. The molecule has 2 nitrogen and oxygen atoms in total. The predicted octanol–water partition coefficient (Wildman–Crippen LogP) is 2.38. The first-order chi connectivity index (χ1) is 7.88. The summed E-state index contributed by atoms with van der Waals surface area (Å²) >= 11 is 0. The summed E-state index contributed by atoms with van der Waals surface area (Å²) < 4.78 is 45.4. The summed E-state index contributed by atoms with van der Waals surface area (Å²) in [4.78, 5) is 0. The second-order valence-corrected chi connectivity index (χ2v) is 4.47. The van der Waals surface area contributed by atoms with Crippen molar-refractivity contribution in [2.75, 3.05) is 13.7 Å². The van der Waals surface area contributed by atoms with Crippen molar-refractivity contribution in [1.29, 1.82) is 0 Å². The topological polar surface area (TPSA) is 35.2 Å². The van der Waals surface area contributed by atoms with Gasteiger partial charge >= 0.3 is 0 Å². The van der Waals surface area contributed by atoms with Crippen LogP contribution in [0.25, 0.3) is 0 Å². The van der Waals surface area contributed by atoms with Crippen molar-refractivity contribution in [3.63, 3.8) is 0 Å². The van der Waals surface area contributed by atoms with Gasteiger partial charge in [0.05, 0.1) is 12.5 Å². The van der Waals surface area contributed by atoms with Crippen LogP contribution in [0.1, 0.15) is 17.5 Å². The summed E-state index contributed by atoms with van der Waals surface area (Å²) in [6.07, 6.45) is -0.352.